The molecule has 150 valence electrons. The number of carbonyl (C=O) groups excluding carboxylic acids is 3. The Morgan fingerprint density at radius 3 is 2.48 bits per heavy atom. The molecular formula is C19H30N4O3S. The molecule has 27 heavy (non-hydrogen) atoms. The van der Waals surface area contributed by atoms with E-state index in [1.807, 2.05) is 9.80 Å². The highest BCUT2D eigenvalue weighted by Gasteiger charge is 2.41. The Kier molecular flexibility index (Phi) is 5.92. The van der Waals surface area contributed by atoms with Crippen LogP contribution in [0.1, 0.15) is 38.5 Å². The van der Waals surface area contributed by atoms with Crippen molar-refractivity contribution >= 4 is 29.5 Å². The molecule has 4 aliphatic rings. The molecule has 0 aromatic carbocycles. The van der Waals surface area contributed by atoms with Gasteiger partial charge in [-0.15, -0.1) is 11.8 Å². The van der Waals surface area contributed by atoms with Crippen LogP contribution in [-0.4, -0.2) is 88.9 Å². The van der Waals surface area contributed by atoms with Gasteiger partial charge in [0.15, 0.2) is 0 Å². The molecule has 1 aliphatic carbocycles. The highest BCUT2D eigenvalue weighted by molar-refractivity contribution is 7.99. The van der Waals surface area contributed by atoms with Crippen molar-refractivity contribution in [1.82, 2.24) is 20.0 Å². The first-order valence-corrected chi connectivity index (χ1v) is 11.5. The summed E-state index contributed by atoms with van der Waals surface area (Å²) in [6, 6.07) is 0.161. The van der Waals surface area contributed by atoms with Crippen molar-refractivity contribution in [3.05, 3.63) is 0 Å². The third-order valence-corrected chi connectivity index (χ3v) is 7.56. The fourth-order valence-corrected chi connectivity index (χ4v) is 5.70. The largest absolute Gasteiger partial charge is 0.356 e. The molecule has 3 amide bonds. The van der Waals surface area contributed by atoms with Crippen molar-refractivity contribution in [1.29, 1.82) is 0 Å². The Labute approximate surface area is 165 Å². The molecule has 3 saturated heterocycles. The molecule has 2 unspecified atom stereocenters. The summed E-state index contributed by atoms with van der Waals surface area (Å²) in [6.45, 7) is 3.93. The average molecular weight is 395 g/mol. The smallest absolute Gasteiger partial charge is 0.246 e. The first kappa shape index (κ1) is 19.1. The van der Waals surface area contributed by atoms with Gasteiger partial charge in [-0.1, -0.05) is 6.42 Å². The molecule has 1 saturated carbocycles. The zero-order valence-electron chi connectivity index (χ0n) is 15.9. The number of nitrogens with zero attached hydrogens (tertiary/aromatic N) is 3. The van der Waals surface area contributed by atoms with Crippen LogP contribution < -0.4 is 5.32 Å². The van der Waals surface area contributed by atoms with Gasteiger partial charge in [0.2, 0.25) is 17.7 Å². The molecule has 0 spiro atoms. The van der Waals surface area contributed by atoms with Gasteiger partial charge < -0.3 is 15.1 Å². The van der Waals surface area contributed by atoms with Gasteiger partial charge >= 0.3 is 0 Å². The lowest BCUT2D eigenvalue weighted by Crippen LogP contribution is -2.57. The molecule has 0 aromatic rings. The van der Waals surface area contributed by atoms with Crippen molar-refractivity contribution in [2.24, 2.45) is 5.92 Å². The second-order valence-electron chi connectivity index (χ2n) is 8.14. The van der Waals surface area contributed by atoms with Gasteiger partial charge in [-0.2, -0.15) is 0 Å². The number of amides is 3. The van der Waals surface area contributed by atoms with E-state index in [4.69, 9.17) is 0 Å². The Balaban J connectivity index is 1.30. The Bertz CT molecular complexity index is 590. The predicted molar refractivity (Wildman–Crippen MR) is 104 cm³/mol. The molecule has 8 heteroatoms. The second kappa shape index (κ2) is 8.39. The molecule has 0 aromatic heterocycles. The minimum Gasteiger partial charge on any atom is -0.356 e. The summed E-state index contributed by atoms with van der Waals surface area (Å²) in [6.07, 6.45) is 5.60. The molecule has 0 bridgehead atoms. The van der Waals surface area contributed by atoms with Crippen LogP contribution in [0.3, 0.4) is 0 Å². The predicted octanol–water partition coefficient (Wildman–Crippen LogP) is 0.501. The minimum atomic E-state index is -0.269. The van der Waals surface area contributed by atoms with E-state index in [1.54, 1.807) is 11.8 Å². The van der Waals surface area contributed by atoms with Gasteiger partial charge in [0.25, 0.3) is 0 Å². The van der Waals surface area contributed by atoms with Crippen LogP contribution in [0.25, 0.3) is 0 Å². The Morgan fingerprint density at radius 2 is 1.78 bits per heavy atom. The number of nitrogens with one attached hydrogen (secondary N) is 1. The van der Waals surface area contributed by atoms with Gasteiger partial charge in [-0.05, 0) is 25.7 Å². The first-order chi connectivity index (χ1) is 13.1. The normalized spacial score (nSPS) is 30.6. The van der Waals surface area contributed by atoms with Gasteiger partial charge in [0, 0.05) is 56.9 Å². The maximum absolute atomic E-state index is 13.1. The van der Waals surface area contributed by atoms with E-state index >= 15 is 0 Å². The second-order valence-corrected chi connectivity index (χ2v) is 9.14. The number of carbonyl (C=O) groups is 3. The van der Waals surface area contributed by atoms with Crippen LogP contribution >= 0.6 is 11.8 Å². The summed E-state index contributed by atoms with van der Waals surface area (Å²) in [5.41, 5.74) is 0. The van der Waals surface area contributed by atoms with E-state index in [1.165, 1.54) is 0 Å². The summed E-state index contributed by atoms with van der Waals surface area (Å²) in [5, 5.41) is 2.94. The lowest BCUT2D eigenvalue weighted by Gasteiger charge is -2.40. The third-order valence-electron chi connectivity index (χ3n) is 6.55. The van der Waals surface area contributed by atoms with Crippen molar-refractivity contribution in [2.45, 2.75) is 50.6 Å². The van der Waals surface area contributed by atoms with Crippen LogP contribution in [0.4, 0.5) is 0 Å². The van der Waals surface area contributed by atoms with Crippen molar-refractivity contribution in [2.75, 3.05) is 44.4 Å². The van der Waals surface area contributed by atoms with Gasteiger partial charge in [-0.3, -0.25) is 19.3 Å². The topological polar surface area (TPSA) is 73.0 Å². The lowest BCUT2D eigenvalue weighted by molar-refractivity contribution is -0.148. The van der Waals surface area contributed by atoms with Crippen LogP contribution in [0.5, 0.6) is 0 Å². The standard InChI is InChI=1S/C19H30N4O3S/c24-17-5-4-15(6-7-20-17)21-8-10-22(11-9-21)19(26)16-12-27-13-23(16)18(25)14-2-1-3-14/h14-16H,1-13H2,(H,20,24). The monoisotopic (exact) mass is 394 g/mol. The fraction of sp³-hybridized carbons (Fsp3) is 0.842. The highest BCUT2D eigenvalue weighted by atomic mass is 32.2. The van der Waals surface area contributed by atoms with Gasteiger partial charge in [0.1, 0.15) is 6.04 Å². The number of thioether (sulfide) groups is 1. The lowest BCUT2D eigenvalue weighted by atomic mass is 9.84. The van der Waals surface area contributed by atoms with Crippen molar-refractivity contribution < 1.29 is 14.4 Å². The summed E-state index contributed by atoms with van der Waals surface area (Å²) < 4.78 is 0. The van der Waals surface area contributed by atoms with Crippen molar-refractivity contribution in [3.63, 3.8) is 0 Å². The molecule has 3 heterocycles. The van der Waals surface area contributed by atoms with Crippen LogP contribution in [-0.2, 0) is 14.4 Å². The number of rotatable bonds is 3. The van der Waals surface area contributed by atoms with E-state index in [2.05, 4.69) is 10.2 Å². The first-order valence-electron chi connectivity index (χ1n) is 10.3. The molecule has 2 atom stereocenters. The Hall–Kier alpha value is -1.28. The van der Waals surface area contributed by atoms with E-state index < -0.39 is 0 Å². The molecule has 4 fully saturated rings. The molecule has 7 nitrogen and oxygen atoms in total. The Morgan fingerprint density at radius 1 is 1.00 bits per heavy atom. The van der Waals surface area contributed by atoms with Crippen molar-refractivity contribution in [3.8, 4) is 0 Å². The van der Waals surface area contributed by atoms with Crippen LogP contribution in [0.15, 0.2) is 0 Å². The average Bonchev–Trinajstić information content (AvgIpc) is 3.02. The third kappa shape index (κ3) is 4.11. The molecule has 1 N–H and O–H groups in total. The maximum atomic E-state index is 13.1. The van der Waals surface area contributed by atoms with E-state index in [-0.39, 0.29) is 29.7 Å². The van der Waals surface area contributed by atoms with Gasteiger partial charge in [0.05, 0.1) is 5.88 Å². The molecule has 0 radical (unpaired) electrons. The zero-order chi connectivity index (χ0) is 18.8. The number of hydrogen-bond acceptors (Lipinski definition) is 5. The summed E-state index contributed by atoms with van der Waals surface area (Å²) >= 11 is 1.70. The number of piperazine rings is 1. The summed E-state index contributed by atoms with van der Waals surface area (Å²) in [5.74, 6) is 2.02. The SMILES string of the molecule is O=C1CCC(N2CCN(C(=O)C3CSCN3C(=O)C3CCC3)CC2)CCN1. The van der Waals surface area contributed by atoms with Gasteiger partial charge in [-0.25, -0.2) is 0 Å². The minimum absolute atomic E-state index is 0.130. The van der Waals surface area contributed by atoms with E-state index in [0.29, 0.717) is 18.3 Å². The maximum Gasteiger partial charge on any atom is 0.246 e. The quantitative estimate of drug-likeness (QED) is 0.755. The summed E-state index contributed by atoms with van der Waals surface area (Å²) in [7, 11) is 0. The fourth-order valence-electron chi connectivity index (χ4n) is 4.55. The van der Waals surface area contributed by atoms with E-state index in [0.717, 1.165) is 70.6 Å². The number of hydrogen-bond donors (Lipinski definition) is 1. The molecular weight excluding hydrogens is 364 g/mol. The molecule has 4 rings (SSSR count). The molecule has 3 aliphatic heterocycles. The highest BCUT2D eigenvalue weighted by Crippen LogP contribution is 2.32. The summed E-state index contributed by atoms with van der Waals surface area (Å²) in [4.78, 5) is 43.5. The van der Waals surface area contributed by atoms with E-state index in [9.17, 15) is 14.4 Å². The zero-order valence-corrected chi connectivity index (χ0v) is 16.7. The van der Waals surface area contributed by atoms with Crippen LogP contribution in [0, 0.1) is 5.92 Å². The van der Waals surface area contributed by atoms with Crippen LogP contribution in [0.2, 0.25) is 0 Å².